The number of fused-ring (bicyclic) bond motifs is 3. The van der Waals surface area contributed by atoms with E-state index in [0.717, 1.165) is 6.42 Å². The predicted octanol–water partition coefficient (Wildman–Crippen LogP) is 7.23. The fourth-order valence-corrected chi connectivity index (χ4v) is 14.5. The molecule has 38 heavy (non-hydrogen) atoms. The molecular weight excluding hydrogens is 646 g/mol. The number of hydrogen-bond acceptors (Lipinski definition) is 0. The van der Waals surface area contributed by atoms with Crippen LogP contribution in [0.25, 0.3) is 27.3 Å². The van der Waals surface area contributed by atoms with Crippen molar-refractivity contribution in [1.29, 1.82) is 0 Å². The van der Waals surface area contributed by atoms with Gasteiger partial charge in [0.2, 0.25) is 0 Å². The fourth-order valence-electron chi connectivity index (χ4n) is 5.22. The van der Waals surface area contributed by atoms with Crippen LogP contribution in [0, 0.1) is 0 Å². The Morgan fingerprint density at radius 2 is 1.11 bits per heavy atom. The van der Waals surface area contributed by atoms with Crippen LogP contribution in [0.4, 0.5) is 0 Å². The van der Waals surface area contributed by atoms with E-state index >= 15 is 0 Å². The van der Waals surface area contributed by atoms with E-state index in [4.69, 9.17) is 0 Å². The molecule has 2 aliphatic carbocycles. The van der Waals surface area contributed by atoms with Crippen molar-refractivity contribution in [3.8, 4) is 11.1 Å². The van der Waals surface area contributed by atoms with Gasteiger partial charge in [-0.05, 0) is 0 Å². The molecule has 0 bridgehead atoms. The van der Waals surface area contributed by atoms with Crippen molar-refractivity contribution in [1.82, 2.24) is 0 Å². The van der Waals surface area contributed by atoms with Crippen molar-refractivity contribution in [3.05, 3.63) is 149 Å². The van der Waals surface area contributed by atoms with Crippen molar-refractivity contribution in [2.45, 2.75) is 10.4 Å². The normalized spacial score (nSPS) is 14.2. The van der Waals surface area contributed by atoms with Gasteiger partial charge in [0.15, 0.2) is 0 Å². The SMILES string of the molecule is C1=CCC(c2cccc3c2[CH]([Sn]([c]2ccccc2)[c]2ccccc2)c2ccccc2-3)=C1.C[N-]C.C[N-]C.[Zr+2]. The third-order valence-electron chi connectivity index (χ3n) is 6.53. The zero-order valence-corrected chi connectivity index (χ0v) is 28.0. The molecule has 6 rings (SSSR count). The molecule has 0 N–H and O–H groups in total. The maximum atomic E-state index is 3.50. The van der Waals surface area contributed by atoms with Gasteiger partial charge in [0.25, 0.3) is 0 Å². The summed E-state index contributed by atoms with van der Waals surface area (Å²) in [6, 6.07) is 38.8. The van der Waals surface area contributed by atoms with E-state index in [2.05, 4.69) is 132 Å². The van der Waals surface area contributed by atoms with Crippen LogP contribution in [0.3, 0.4) is 0 Å². The maximum Gasteiger partial charge on any atom is 2.00 e. The number of rotatable bonds is 4. The third-order valence-corrected chi connectivity index (χ3v) is 15.3. The van der Waals surface area contributed by atoms with Crippen LogP contribution < -0.4 is 7.16 Å². The molecule has 4 heteroatoms. The number of nitrogens with zero attached hydrogens (tertiary/aromatic N) is 2. The van der Waals surface area contributed by atoms with Gasteiger partial charge in [0.1, 0.15) is 0 Å². The number of benzene rings is 4. The van der Waals surface area contributed by atoms with Crippen molar-refractivity contribution in [2.75, 3.05) is 28.2 Å². The summed E-state index contributed by atoms with van der Waals surface area (Å²) in [7, 11) is 7.00. The molecule has 1 unspecified atom stereocenters. The van der Waals surface area contributed by atoms with Crippen molar-refractivity contribution < 1.29 is 26.2 Å². The van der Waals surface area contributed by atoms with Crippen LogP contribution in [0.5, 0.6) is 0 Å². The summed E-state index contributed by atoms with van der Waals surface area (Å²) in [4.78, 5) is 0. The van der Waals surface area contributed by atoms with Gasteiger partial charge in [-0.2, -0.15) is 28.2 Å². The summed E-state index contributed by atoms with van der Waals surface area (Å²) in [5.41, 5.74) is 8.88. The van der Waals surface area contributed by atoms with Gasteiger partial charge >= 0.3 is 218 Å². The Labute approximate surface area is 255 Å². The monoisotopic (exact) mass is 681 g/mol. The van der Waals surface area contributed by atoms with E-state index in [-0.39, 0.29) is 26.2 Å². The minimum Gasteiger partial charge on any atom is -0.668 e. The third kappa shape index (κ3) is 6.75. The predicted molar refractivity (Wildman–Crippen MR) is 164 cm³/mol. The van der Waals surface area contributed by atoms with Crippen LogP contribution in [0.1, 0.15) is 27.0 Å². The molecule has 0 fully saturated rings. The molecule has 0 aliphatic heterocycles. The molecule has 2 nitrogen and oxygen atoms in total. The summed E-state index contributed by atoms with van der Waals surface area (Å²) in [6.45, 7) is 0. The van der Waals surface area contributed by atoms with Gasteiger partial charge in [-0.3, -0.25) is 0 Å². The van der Waals surface area contributed by atoms with Crippen LogP contribution in [-0.2, 0) is 26.2 Å². The molecule has 0 saturated carbocycles. The first-order valence-corrected chi connectivity index (χ1v) is 17.3. The van der Waals surface area contributed by atoms with Gasteiger partial charge in [0.05, 0.1) is 0 Å². The largest absolute Gasteiger partial charge is 2.00 e. The number of allylic oxidation sites excluding steroid dienone is 4. The number of hydrogen-bond donors (Lipinski definition) is 0. The Morgan fingerprint density at radius 3 is 1.66 bits per heavy atom. The van der Waals surface area contributed by atoms with E-state index in [0.29, 0.717) is 3.93 Å². The molecule has 0 spiro atoms. The zero-order valence-electron chi connectivity index (χ0n) is 22.7. The van der Waals surface area contributed by atoms with Crippen LogP contribution in [-0.4, -0.2) is 48.0 Å². The first kappa shape index (κ1) is 30.5. The fraction of sp³-hybridized carbons (Fsp3) is 0.176. The van der Waals surface area contributed by atoms with Crippen molar-refractivity contribution in [2.24, 2.45) is 0 Å². The Hall–Kier alpha value is -2.04. The second kappa shape index (κ2) is 15.5. The van der Waals surface area contributed by atoms with E-state index < -0.39 is 19.8 Å². The van der Waals surface area contributed by atoms with E-state index in [1.54, 1.807) is 40.9 Å². The topological polar surface area (TPSA) is 28.2 Å². The Kier molecular flexibility index (Phi) is 12.5. The van der Waals surface area contributed by atoms with Crippen molar-refractivity contribution in [3.63, 3.8) is 0 Å². The maximum absolute atomic E-state index is 3.50. The molecule has 4 aromatic rings. The first-order valence-electron chi connectivity index (χ1n) is 12.8. The Balaban J connectivity index is 0.000000526. The molecule has 0 amide bonds. The zero-order chi connectivity index (χ0) is 26.0. The summed E-state index contributed by atoms with van der Waals surface area (Å²) in [5, 5.41) is 7.00. The summed E-state index contributed by atoms with van der Waals surface area (Å²) >= 11 is -2.37. The summed E-state index contributed by atoms with van der Waals surface area (Å²) in [5.74, 6) is 0. The van der Waals surface area contributed by atoms with E-state index in [1.165, 1.54) is 27.8 Å². The van der Waals surface area contributed by atoms with Crippen LogP contribution >= 0.6 is 0 Å². The molecule has 1 atom stereocenters. The molecule has 4 aromatic carbocycles. The van der Waals surface area contributed by atoms with Gasteiger partial charge < -0.3 is 10.6 Å². The second-order valence-corrected chi connectivity index (χ2v) is 16.5. The average molecular weight is 682 g/mol. The van der Waals surface area contributed by atoms with Gasteiger partial charge in [-0.15, -0.1) is 0 Å². The Bertz CT molecular complexity index is 1310. The van der Waals surface area contributed by atoms with Gasteiger partial charge in [-0.1, -0.05) is 0 Å². The summed E-state index contributed by atoms with van der Waals surface area (Å²) in [6.07, 6.45) is 7.83. The smallest absolute Gasteiger partial charge is 0.668 e. The quantitative estimate of drug-likeness (QED) is 0.204. The molecule has 0 heterocycles. The minimum absolute atomic E-state index is 0. The molecular formula is C34H35N2SnZr. The van der Waals surface area contributed by atoms with Gasteiger partial charge in [0, 0.05) is 0 Å². The summed E-state index contributed by atoms with van der Waals surface area (Å²) < 4.78 is 3.62. The average Bonchev–Trinajstić information content (AvgIpc) is 3.59. The molecule has 1 radical (unpaired) electrons. The molecule has 2 aliphatic rings. The first-order chi connectivity index (χ1) is 18.2. The van der Waals surface area contributed by atoms with Crippen LogP contribution in [0.15, 0.2) is 121 Å². The van der Waals surface area contributed by atoms with E-state index in [9.17, 15) is 0 Å². The van der Waals surface area contributed by atoms with Crippen molar-refractivity contribution >= 4 is 32.5 Å². The minimum atomic E-state index is -2.37. The molecule has 189 valence electrons. The molecule has 0 aromatic heterocycles. The van der Waals surface area contributed by atoms with E-state index in [1.807, 2.05) is 0 Å². The second-order valence-electron chi connectivity index (χ2n) is 9.15. The van der Waals surface area contributed by atoms with Crippen LogP contribution in [0.2, 0.25) is 0 Å². The Morgan fingerprint density at radius 1 is 0.605 bits per heavy atom. The van der Waals surface area contributed by atoms with Gasteiger partial charge in [-0.25, -0.2) is 0 Å². The standard InChI is InChI=1S/C18H13.2C6H5.2C2H6N.Sn.Zr/c1-2-7-13(6-1)15-10-5-11-17-16-9-4-3-8-14(16)12-18(15)17;2*1-2-4-6-5-3-1;2*1-3-2;;/h1-6,8-12H,7H2;2*1-5H;2*1-2H3;;/q;;;2*-1;;+2. The molecule has 0 saturated heterocycles.